The lowest BCUT2D eigenvalue weighted by Gasteiger charge is -2.28. The second-order valence-electron chi connectivity index (χ2n) is 6.39. The number of nitrogens with zero attached hydrogens (tertiary/aromatic N) is 1. The van der Waals surface area contributed by atoms with Crippen molar-refractivity contribution in [3.8, 4) is 0 Å². The van der Waals surface area contributed by atoms with Crippen molar-refractivity contribution < 1.29 is 29.4 Å². The molecule has 4 atom stereocenters. The molecule has 10 nitrogen and oxygen atoms in total. The average molecular weight is 404 g/mol. The maximum absolute atomic E-state index is 12.6. The van der Waals surface area contributed by atoms with Gasteiger partial charge in [0.1, 0.15) is 18.1 Å². The van der Waals surface area contributed by atoms with Crippen LogP contribution in [0.25, 0.3) is 0 Å². The van der Waals surface area contributed by atoms with Crippen LogP contribution < -0.4 is 16.4 Å². The molecule has 1 fully saturated rings. The van der Waals surface area contributed by atoms with Crippen LogP contribution in [0.4, 0.5) is 0 Å². The van der Waals surface area contributed by atoms with E-state index in [1.54, 1.807) is 11.8 Å². The highest BCUT2D eigenvalue weighted by Gasteiger charge is 2.37. The lowest BCUT2D eigenvalue weighted by molar-refractivity contribution is -0.145. The van der Waals surface area contributed by atoms with Crippen molar-refractivity contribution in [1.29, 1.82) is 0 Å². The molecule has 154 valence electrons. The molecule has 0 aromatic rings. The first-order chi connectivity index (χ1) is 12.7. The molecule has 3 amide bonds. The zero-order valence-electron chi connectivity index (χ0n) is 15.5. The zero-order chi connectivity index (χ0) is 20.6. The second kappa shape index (κ2) is 11.1. The lowest BCUT2D eigenvalue weighted by atomic mass is 10.1. The molecular formula is C16H28N4O6S. The number of carbonyl (C=O) groups is 4. The molecule has 11 heteroatoms. The van der Waals surface area contributed by atoms with Gasteiger partial charge < -0.3 is 31.5 Å². The van der Waals surface area contributed by atoms with Crippen LogP contribution in [0.2, 0.25) is 0 Å². The minimum atomic E-state index is -1.43. The fraction of sp³-hybridized carbons (Fsp3) is 0.750. The highest BCUT2D eigenvalue weighted by Crippen LogP contribution is 2.19. The van der Waals surface area contributed by atoms with E-state index in [1.165, 1.54) is 11.8 Å². The Morgan fingerprint density at radius 3 is 2.52 bits per heavy atom. The maximum atomic E-state index is 12.6. The lowest BCUT2D eigenvalue weighted by Crippen LogP contribution is -2.56. The highest BCUT2D eigenvalue weighted by atomic mass is 32.2. The third kappa shape index (κ3) is 6.67. The number of hydrogen-bond acceptors (Lipinski definition) is 7. The van der Waals surface area contributed by atoms with Crippen LogP contribution >= 0.6 is 11.8 Å². The molecule has 1 rings (SSSR count). The van der Waals surface area contributed by atoms with Gasteiger partial charge in [-0.05, 0) is 38.2 Å². The van der Waals surface area contributed by atoms with Crippen molar-refractivity contribution in [2.75, 3.05) is 25.2 Å². The van der Waals surface area contributed by atoms with Gasteiger partial charge in [-0.1, -0.05) is 0 Å². The molecule has 1 aliphatic rings. The van der Waals surface area contributed by atoms with Crippen LogP contribution in [0.1, 0.15) is 26.2 Å². The molecule has 4 unspecified atom stereocenters. The quantitative estimate of drug-likeness (QED) is 0.283. The van der Waals surface area contributed by atoms with E-state index in [1.807, 2.05) is 6.26 Å². The Balaban J connectivity index is 2.67. The number of thioether (sulfide) groups is 1. The van der Waals surface area contributed by atoms with E-state index in [2.05, 4.69) is 10.6 Å². The summed E-state index contributed by atoms with van der Waals surface area (Å²) in [5.74, 6) is -2.15. The van der Waals surface area contributed by atoms with Gasteiger partial charge in [0.25, 0.3) is 0 Å². The molecule has 1 aliphatic heterocycles. The number of carbonyl (C=O) groups excluding carboxylic acids is 3. The minimum absolute atomic E-state index is 0.326. The predicted octanol–water partition coefficient (Wildman–Crippen LogP) is -1.88. The fourth-order valence-corrected chi connectivity index (χ4v) is 3.25. The number of likely N-dealkylation sites (tertiary alicyclic amines) is 1. The Kier molecular flexibility index (Phi) is 9.53. The van der Waals surface area contributed by atoms with Crippen LogP contribution in [0.5, 0.6) is 0 Å². The van der Waals surface area contributed by atoms with Gasteiger partial charge >= 0.3 is 5.97 Å². The van der Waals surface area contributed by atoms with Crippen molar-refractivity contribution >= 4 is 35.5 Å². The molecule has 0 aliphatic carbocycles. The molecule has 0 aromatic carbocycles. The van der Waals surface area contributed by atoms with Crippen LogP contribution in [-0.4, -0.2) is 88.1 Å². The largest absolute Gasteiger partial charge is 0.480 e. The van der Waals surface area contributed by atoms with Gasteiger partial charge in [-0.3, -0.25) is 14.4 Å². The molecule has 6 N–H and O–H groups in total. The van der Waals surface area contributed by atoms with Gasteiger partial charge in [0.05, 0.1) is 12.6 Å². The molecule has 1 saturated heterocycles. The standard InChI is InChI=1S/C16H28N4O6S/c1-9(18-13(22)10(17)5-7-27-2)15(24)20-6-3-4-12(20)14(23)19-11(8-21)16(25)26/h9-12,21H,3-8,17H2,1-2H3,(H,18,22)(H,19,23)(H,25,26). The molecule has 0 saturated carbocycles. The SMILES string of the molecule is CSCCC(N)C(=O)NC(C)C(=O)N1CCCC1C(=O)NC(CO)C(=O)O. The molecule has 27 heavy (non-hydrogen) atoms. The van der Waals surface area contributed by atoms with E-state index in [4.69, 9.17) is 15.9 Å². The third-order valence-electron chi connectivity index (χ3n) is 4.33. The average Bonchev–Trinajstić information content (AvgIpc) is 3.12. The zero-order valence-corrected chi connectivity index (χ0v) is 16.3. The second-order valence-corrected chi connectivity index (χ2v) is 7.38. The Hall–Kier alpha value is -1.85. The maximum Gasteiger partial charge on any atom is 0.328 e. The molecule has 0 bridgehead atoms. The summed E-state index contributed by atoms with van der Waals surface area (Å²) in [6.45, 7) is 1.09. The van der Waals surface area contributed by atoms with Crippen molar-refractivity contribution in [3.63, 3.8) is 0 Å². The van der Waals surface area contributed by atoms with E-state index in [-0.39, 0.29) is 0 Å². The van der Waals surface area contributed by atoms with E-state index >= 15 is 0 Å². The van der Waals surface area contributed by atoms with Crippen molar-refractivity contribution in [2.24, 2.45) is 5.73 Å². The number of hydrogen-bond donors (Lipinski definition) is 5. The Labute approximate surface area is 162 Å². The minimum Gasteiger partial charge on any atom is -0.480 e. The third-order valence-corrected chi connectivity index (χ3v) is 4.98. The smallest absolute Gasteiger partial charge is 0.328 e. The van der Waals surface area contributed by atoms with Crippen LogP contribution in [0.3, 0.4) is 0 Å². The number of rotatable bonds is 10. The van der Waals surface area contributed by atoms with Crippen LogP contribution in [0, 0.1) is 0 Å². The summed E-state index contributed by atoms with van der Waals surface area (Å²) >= 11 is 1.57. The summed E-state index contributed by atoms with van der Waals surface area (Å²) in [7, 11) is 0. The number of amides is 3. The predicted molar refractivity (Wildman–Crippen MR) is 100.0 cm³/mol. The number of aliphatic hydroxyl groups excluding tert-OH is 1. The first-order valence-electron chi connectivity index (χ1n) is 8.72. The monoisotopic (exact) mass is 404 g/mol. The molecule has 0 radical (unpaired) electrons. The summed E-state index contributed by atoms with van der Waals surface area (Å²) in [5, 5.41) is 22.7. The van der Waals surface area contributed by atoms with Gasteiger partial charge in [-0.15, -0.1) is 0 Å². The Bertz CT molecular complexity index is 561. The van der Waals surface area contributed by atoms with Crippen molar-refractivity contribution in [1.82, 2.24) is 15.5 Å². The van der Waals surface area contributed by atoms with Crippen molar-refractivity contribution in [2.45, 2.75) is 50.4 Å². The van der Waals surface area contributed by atoms with Gasteiger partial charge in [-0.25, -0.2) is 4.79 Å². The number of carboxylic acids is 1. The van der Waals surface area contributed by atoms with Gasteiger partial charge in [0, 0.05) is 6.54 Å². The summed E-state index contributed by atoms with van der Waals surface area (Å²) in [6.07, 6.45) is 3.35. The summed E-state index contributed by atoms with van der Waals surface area (Å²) in [6, 6.07) is -3.84. The van der Waals surface area contributed by atoms with E-state index in [9.17, 15) is 19.2 Å². The number of aliphatic carboxylic acids is 1. The Morgan fingerprint density at radius 2 is 1.96 bits per heavy atom. The van der Waals surface area contributed by atoms with Crippen molar-refractivity contribution in [3.05, 3.63) is 0 Å². The number of nitrogens with one attached hydrogen (secondary N) is 2. The van der Waals surface area contributed by atoms with E-state index in [0.717, 1.165) is 5.75 Å². The number of nitrogens with two attached hydrogens (primary N) is 1. The molecular weight excluding hydrogens is 376 g/mol. The van der Waals surface area contributed by atoms with E-state index in [0.29, 0.717) is 25.8 Å². The van der Waals surface area contributed by atoms with Crippen LogP contribution in [0.15, 0.2) is 0 Å². The fourth-order valence-electron chi connectivity index (χ4n) is 2.76. The van der Waals surface area contributed by atoms with Crippen LogP contribution in [-0.2, 0) is 19.2 Å². The van der Waals surface area contributed by atoms with Gasteiger partial charge in [0.2, 0.25) is 17.7 Å². The molecule has 0 aromatic heterocycles. The summed E-state index contributed by atoms with van der Waals surface area (Å²) < 4.78 is 0. The van der Waals surface area contributed by atoms with E-state index < -0.39 is 54.5 Å². The Morgan fingerprint density at radius 1 is 1.30 bits per heavy atom. The number of aliphatic hydroxyl groups is 1. The first kappa shape index (κ1) is 23.2. The van der Waals surface area contributed by atoms with Gasteiger partial charge in [0.15, 0.2) is 0 Å². The normalized spacial score (nSPS) is 19.9. The highest BCUT2D eigenvalue weighted by molar-refractivity contribution is 7.98. The topological polar surface area (TPSA) is 162 Å². The summed E-state index contributed by atoms with van der Waals surface area (Å²) in [5.41, 5.74) is 5.79. The van der Waals surface area contributed by atoms with Gasteiger partial charge in [-0.2, -0.15) is 11.8 Å². The first-order valence-corrected chi connectivity index (χ1v) is 10.1. The molecule has 1 heterocycles. The number of carboxylic acid groups (broad SMARTS) is 1. The molecule has 0 spiro atoms. The summed E-state index contributed by atoms with van der Waals surface area (Å²) in [4.78, 5) is 49.3.